The van der Waals surface area contributed by atoms with Gasteiger partial charge in [0.2, 0.25) is 11.8 Å². The second-order valence-corrected chi connectivity index (χ2v) is 13.7. The fourth-order valence-electron chi connectivity index (χ4n) is 7.16. The summed E-state index contributed by atoms with van der Waals surface area (Å²) < 4.78 is 1.80. The number of nitrogens with two attached hydrogens (primary N) is 2. The monoisotopic (exact) mass is 645 g/mol. The third kappa shape index (κ3) is 7.91. The minimum absolute atomic E-state index is 0.0670. The minimum atomic E-state index is -0.693. The highest BCUT2D eigenvalue weighted by molar-refractivity contribution is 5.87. The van der Waals surface area contributed by atoms with Gasteiger partial charge in [-0.3, -0.25) is 14.3 Å². The Hall–Kier alpha value is -4.60. The third-order valence-electron chi connectivity index (χ3n) is 9.57. The lowest BCUT2D eigenvalue weighted by Crippen LogP contribution is -2.65. The van der Waals surface area contributed by atoms with E-state index in [1.165, 1.54) is 6.33 Å². The number of hydrogen-bond acceptors (Lipinski definition) is 6. The highest BCUT2D eigenvalue weighted by Gasteiger charge is 2.41. The Labute approximate surface area is 282 Å². The van der Waals surface area contributed by atoms with Crippen LogP contribution in [0.25, 0.3) is 21.5 Å². The normalized spacial score (nSPS) is 18.0. The first-order chi connectivity index (χ1) is 23.2. The second kappa shape index (κ2) is 15.1. The van der Waals surface area contributed by atoms with Crippen molar-refractivity contribution in [2.24, 2.45) is 17.4 Å². The Morgan fingerprint density at radius 3 is 1.79 bits per heavy atom. The molecule has 1 aromatic heterocycles. The second-order valence-electron chi connectivity index (χ2n) is 13.7. The molecule has 0 bridgehead atoms. The van der Waals surface area contributed by atoms with E-state index < -0.39 is 12.1 Å². The van der Waals surface area contributed by atoms with E-state index >= 15 is 0 Å². The summed E-state index contributed by atoms with van der Waals surface area (Å²) in [5.41, 5.74) is 15.4. The molecule has 2 amide bonds. The van der Waals surface area contributed by atoms with Crippen molar-refractivity contribution in [3.63, 3.8) is 0 Å². The lowest BCUT2D eigenvalue weighted by Gasteiger charge is -2.48. The summed E-state index contributed by atoms with van der Waals surface area (Å²) >= 11 is 0. The number of aromatic nitrogens is 3. The van der Waals surface area contributed by atoms with Crippen molar-refractivity contribution in [1.82, 2.24) is 24.6 Å². The Morgan fingerprint density at radius 2 is 1.27 bits per heavy atom. The van der Waals surface area contributed by atoms with Gasteiger partial charge in [-0.2, -0.15) is 5.10 Å². The number of piperazine rings is 1. The molecule has 0 saturated carbocycles. The van der Waals surface area contributed by atoms with Crippen LogP contribution >= 0.6 is 0 Å². The van der Waals surface area contributed by atoms with E-state index in [0.717, 1.165) is 45.5 Å². The Bertz CT molecular complexity index is 1840. The summed E-state index contributed by atoms with van der Waals surface area (Å²) in [6.45, 7) is 5.84. The molecule has 1 saturated heterocycles. The van der Waals surface area contributed by atoms with E-state index in [0.29, 0.717) is 44.8 Å². The van der Waals surface area contributed by atoms with Crippen molar-refractivity contribution in [2.45, 2.75) is 76.7 Å². The topological polar surface area (TPSA) is 123 Å². The average molecular weight is 646 g/mol. The molecule has 5 aromatic rings. The number of carbonyl (C=O) groups is 2. The number of nitrogens with zero attached hydrogens (tertiary/aromatic N) is 5. The van der Waals surface area contributed by atoms with Gasteiger partial charge in [-0.15, -0.1) is 0 Å². The summed E-state index contributed by atoms with van der Waals surface area (Å²) in [4.78, 5) is 36.4. The zero-order valence-corrected chi connectivity index (χ0v) is 28.0. The highest BCUT2D eigenvalue weighted by atomic mass is 16.2. The first-order valence-corrected chi connectivity index (χ1v) is 17.1. The van der Waals surface area contributed by atoms with Crippen LogP contribution in [0.4, 0.5) is 0 Å². The fraction of sp³-hybridized carbons (Fsp3) is 0.385. The molecule has 0 aliphatic carbocycles. The number of rotatable bonds is 12. The molecule has 6 rings (SSSR count). The van der Waals surface area contributed by atoms with Crippen LogP contribution in [0.2, 0.25) is 0 Å². The van der Waals surface area contributed by atoms with E-state index in [2.05, 4.69) is 84.6 Å². The molecule has 0 radical (unpaired) electrons. The molecule has 1 aliphatic rings. The third-order valence-corrected chi connectivity index (χ3v) is 9.57. The largest absolute Gasteiger partial charge is 0.335 e. The Morgan fingerprint density at radius 1 is 0.750 bits per heavy atom. The lowest BCUT2D eigenvalue weighted by molar-refractivity contribution is -0.149. The maximum atomic E-state index is 14.2. The van der Waals surface area contributed by atoms with Gasteiger partial charge in [0.05, 0.1) is 12.1 Å². The minimum Gasteiger partial charge on any atom is -0.335 e. The predicted molar refractivity (Wildman–Crippen MR) is 191 cm³/mol. The first kappa shape index (κ1) is 33.3. The smallest absolute Gasteiger partial charge is 0.240 e. The quantitative estimate of drug-likeness (QED) is 0.198. The fourth-order valence-corrected chi connectivity index (χ4v) is 7.16. The van der Waals surface area contributed by atoms with Gasteiger partial charge in [-0.25, -0.2) is 4.98 Å². The van der Waals surface area contributed by atoms with Gasteiger partial charge in [0.15, 0.2) is 0 Å². The molecule has 1 fully saturated rings. The van der Waals surface area contributed by atoms with Gasteiger partial charge in [-0.1, -0.05) is 98.8 Å². The lowest BCUT2D eigenvalue weighted by atomic mass is 9.93. The molecule has 250 valence electrons. The van der Waals surface area contributed by atoms with Crippen LogP contribution in [-0.2, 0) is 29.0 Å². The number of fused-ring (bicyclic) bond motifs is 2. The van der Waals surface area contributed by atoms with E-state index in [1.807, 2.05) is 34.1 Å². The zero-order valence-electron chi connectivity index (χ0n) is 28.0. The first-order valence-electron chi connectivity index (χ1n) is 17.1. The van der Waals surface area contributed by atoms with E-state index in [1.54, 1.807) is 11.0 Å². The van der Waals surface area contributed by atoms with E-state index in [4.69, 9.17) is 11.5 Å². The van der Waals surface area contributed by atoms with Crippen LogP contribution in [-0.4, -0.2) is 73.6 Å². The van der Waals surface area contributed by atoms with Crippen LogP contribution in [0.5, 0.6) is 0 Å². The molecule has 48 heavy (non-hydrogen) atoms. The standard InChI is InChI=1S/C39H47N7O2/c1-27(2)18-35-24-45(38(47)36(40)21-28-13-15-30-8-3-5-10-32(30)19-28)34(12-7-17-44-26-42-25-43-44)23-46(35)39(48)37(41)22-29-14-16-31-9-4-6-11-33(31)20-29/h3-6,8-11,13-16,19-20,25-27,34-37H,7,12,17-18,21-24,40-41H2,1-2H3/t34?,35-,36-,37-/m1/s1. The molecule has 9 heteroatoms. The van der Waals surface area contributed by atoms with Gasteiger partial charge >= 0.3 is 0 Å². The van der Waals surface area contributed by atoms with Crippen molar-refractivity contribution in [1.29, 1.82) is 0 Å². The van der Waals surface area contributed by atoms with Crippen LogP contribution in [0.3, 0.4) is 0 Å². The molecular weight excluding hydrogens is 598 g/mol. The average Bonchev–Trinajstić information content (AvgIpc) is 3.61. The van der Waals surface area contributed by atoms with Crippen molar-refractivity contribution >= 4 is 33.4 Å². The van der Waals surface area contributed by atoms with Crippen molar-refractivity contribution in [3.05, 3.63) is 109 Å². The molecule has 4 atom stereocenters. The van der Waals surface area contributed by atoms with E-state index in [9.17, 15) is 9.59 Å². The molecular formula is C39H47N7O2. The SMILES string of the molecule is CC(C)C[C@@H]1CN(C(=O)[C@H](N)Cc2ccc3ccccc3c2)C(CCCn2cncn2)CN1C(=O)[C@H](N)Cc1ccc2ccccc2c1. The number of benzene rings is 4. The summed E-state index contributed by atoms with van der Waals surface area (Å²) in [5, 5.41) is 8.82. The van der Waals surface area contributed by atoms with E-state index in [-0.39, 0.29) is 23.9 Å². The maximum Gasteiger partial charge on any atom is 0.240 e. The van der Waals surface area contributed by atoms with Crippen LogP contribution in [0.1, 0.15) is 44.2 Å². The molecule has 0 spiro atoms. The molecule has 1 aliphatic heterocycles. The molecule has 9 nitrogen and oxygen atoms in total. The predicted octanol–water partition coefficient (Wildman–Crippen LogP) is 4.96. The summed E-state index contributed by atoms with van der Waals surface area (Å²) in [7, 11) is 0. The summed E-state index contributed by atoms with van der Waals surface area (Å²) in [6, 6.07) is 27.2. The Balaban J connectivity index is 1.21. The van der Waals surface area contributed by atoms with Crippen molar-refractivity contribution in [3.8, 4) is 0 Å². The van der Waals surface area contributed by atoms with Crippen molar-refractivity contribution in [2.75, 3.05) is 13.1 Å². The summed E-state index contributed by atoms with van der Waals surface area (Å²) in [5.74, 6) is 0.187. The zero-order chi connectivity index (χ0) is 33.6. The van der Waals surface area contributed by atoms with Crippen LogP contribution < -0.4 is 11.5 Å². The van der Waals surface area contributed by atoms with Crippen LogP contribution in [0, 0.1) is 5.92 Å². The Kier molecular flexibility index (Phi) is 10.5. The molecule has 1 unspecified atom stereocenters. The summed E-state index contributed by atoms with van der Waals surface area (Å²) in [6.07, 6.45) is 6.36. The van der Waals surface area contributed by atoms with Gasteiger partial charge in [-0.05, 0) is 70.7 Å². The van der Waals surface area contributed by atoms with Crippen molar-refractivity contribution < 1.29 is 9.59 Å². The number of amides is 2. The van der Waals surface area contributed by atoms with Gasteiger partial charge in [0, 0.05) is 31.7 Å². The van der Waals surface area contributed by atoms with Gasteiger partial charge < -0.3 is 21.3 Å². The highest BCUT2D eigenvalue weighted by Crippen LogP contribution is 2.26. The van der Waals surface area contributed by atoms with Gasteiger partial charge in [0.1, 0.15) is 12.7 Å². The number of hydrogen-bond donors (Lipinski definition) is 2. The molecule has 4 N–H and O–H groups in total. The van der Waals surface area contributed by atoms with Crippen LogP contribution in [0.15, 0.2) is 97.6 Å². The maximum absolute atomic E-state index is 14.2. The van der Waals surface area contributed by atoms with Gasteiger partial charge in [0.25, 0.3) is 0 Å². The number of carbonyl (C=O) groups excluding carboxylic acids is 2. The number of aryl methyl sites for hydroxylation is 1. The molecule has 2 heterocycles. The molecule has 4 aromatic carbocycles.